The number of halogens is 1. The summed E-state index contributed by atoms with van der Waals surface area (Å²) in [7, 11) is 1.80. The van der Waals surface area contributed by atoms with E-state index in [2.05, 4.69) is 25.3 Å². The first-order valence-electron chi connectivity index (χ1n) is 6.22. The summed E-state index contributed by atoms with van der Waals surface area (Å²) in [4.78, 5) is 20.2. The molecule has 0 bridgehead atoms. The van der Waals surface area contributed by atoms with Crippen LogP contribution in [0.25, 0.3) is 11.0 Å². The maximum atomic E-state index is 11.5. The van der Waals surface area contributed by atoms with Crippen molar-refractivity contribution >= 4 is 34.4 Å². The van der Waals surface area contributed by atoms with Crippen molar-refractivity contribution in [2.75, 3.05) is 0 Å². The maximum absolute atomic E-state index is 11.5. The summed E-state index contributed by atoms with van der Waals surface area (Å²) in [5, 5.41) is 12.2. The van der Waals surface area contributed by atoms with E-state index < -0.39 is 0 Å². The molecule has 3 aromatic rings. The van der Waals surface area contributed by atoms with Gasteiger partial charge in [-0.2, -0.15) is 5.10 Å². The third kappa shape index (κ3) is 2.54. The highest BCUT2D eigenvalue weighted by Gasteiger charge is 2.12. The fourth-order valence-electron chi connectivity index (χ4n) is 1.92. The molecule has 8 nitrogen and oxygen atoms in total. The van der Waals surface area contributed by atoms with Gasteiger partial charge in [-0.25, -0.2) is 19.9 Å². The van der Waals surface area contributed by atoms with Crippen LogP contribution in [0.2, 0.25) is 5.15 Å². The number of nitrogens with zero attached hydrogens (tertiary/aromatic N) is 6. The van der Waals surface area contributed by atoms with E-state index in [0.717, 1.165) is 5.39 Å². The zero-order valence-electron chi connectivity index (χ0n) is 11.4. The van der Waals surface area contributed by atoms with Crippen molar-refractivity contribution < 1.29 is 0 Å². The summed E-state index contributed by atoms with van der Waals surface area (Å²) in [6, 6.07) is 0. The molecule has 0 spiro atoms. The van der Waals surface area contributed by atoms with Crippen LogP contribution in [0.4, 0.5) is 0 Å². The highest BCUT2D eigenvalue weighted by Crippen LogP contribution is 2.23. The first-order valence-corrected chi connectivity index (χ1v) is 7.58. The lowest BCUT2D eigenvalue weighted by Gasteiger charge is -2.03. The SMILES string of the molecule is CCn1c(SCc2nc(Cl)c3cnn(C)c3n2)n[nH]c1=O. The van der Waals surface area contributed by atoms with E-state index in [1.54, 1.807) is 22.5 Å². The first-order chi connectivity index (χ1) is 10.1. The van der Waals surface area contributed by atoms with Gasteiger partial charge in [-0.3, -0.25) is 9.25 Å². The third-order valence-corrected chi connectivity index (χ3v) is 4.22. The molecular formula is C11H12ClN7OS. The summed E-state index contributed by atoms with van der Waals surface area (Å²) < 4.78 is 3.20. The molecule has 0 atom stereocenters. The first kappa shape index (κ1) is 14.1. The fourth-order valence-corrected chi connectivity index (χ4v) is 3.01. The van der Waals surface area contributed by atoms with E-state index in [1.807, 2.05) is 6.92 Å². The van der Waals surface area contributed by atoms with Gasteiger partial charge < -0.3 is 0 Å². The molecule has 0 aliphatic carbocycles. The minimum atomic E-state index is -0.221. The van der Waals surface area contributed by atoms with Gasteiger partial charge in [0.15, 0.2) is 10.8 Å². The Hall–Kier alpha value is -1.87. The van der Waals surface area contributed by atoms with Gasteiger partial charge in [0.05, 0.1) is 17.3 Å². The van der Waals surface area contributed by atoms with Crippen molar-refractivity contribution in [1.29, 1.82) is 0 Å². The Morgan fingerprint density at radius 3 is 3.00 bits per heavy atom. The van der Waals surface area contributed by atoms with Gasteiger partial charge in [0.2, 0.25) is 0 Å². The number of hydrogen-bond acceptors (Lipinski definition) is 6. The van der Waals surface area contributed by atoms with E-state index in [4.69, 9.17) is 11.6 Å². The van der Waals surface area contributed by atoms with E-state index >= 15 is 0 Å². The Labute approximate surface area is 128 Å². The molecule has 0 fully saturated rings. The molecule has 0 aliphatic rings. The molecule has 0 amide bonds. The predicted molar refractivity (Wildman–Crippen MR) is 79.4 cm³/mol. The highest BCUT2D eigenvalue weighted by atomic mass is 35.5. The Bertz CT molecular complexity index is 852. The number of nitrogens with one attached hydrogen (secondary N) is 1. The maximum Gasteiger partial charge on any atom is 0.343 e. The second kappa shape index (κ2) is 5.49. The molecule has 0 saturated heterocycles. The van der Waals surface area contributed by atoms with E-state index in [1.165, 1.54) is 11.8 Å². The number of hydrogen-bond donors (Lipinski definition) is 1. The molecule has 3 aromatic heterocycles. The molecule has 1 N–H and O–H groups in total. The number of aromatic nitrogens is 7. The molecule has 3 rings (SSSR count). The van der Waals surface area contributed by atoms with Crippen molar-refractivity contribution in [3.05, 3.63) is 27.7 Å². The second-order valence-electron chi connectivity index (χ2n) is 4.28. The zero-order valence-corrected chi connectivity index (χ0v) is 12.9. The van der Waals surface area contributed by atoms with Crippen LogP contribution >= 0.6 is 23.4 Å². The molecule has 10 heteroatoms. The van der Waals surface area contributed by atoms with Gasteiger partial charge >= 0.3 is 5.69 Å². The van der Waals surface area contributed by atoms with Crippen molar-refractivity contribution in [3.63, 3.8) is 0 Å². The monoisotopic (exact) mass is 325 g/mol. The fraction of sp³-hybridized carbons (Fsp3) is 0.364. The Balaban J connectivity index is 1.88. The molecular weight excluding hydrogens is 314 g/mol. The molecule has 0 radical (unpaired) electrons. The summed E-state index contributed by atoms with van der Waals surface area (Å²) >= 11 is 7.51. The van der Waals surface area contributed by atoms with Crippen LogP contribution in [0, 0.1) is 0 Å². The molecule has 110 valence electrons. The average molecular weight is 326 g/mol. The predicted octanol–water partition coefficient (Wildman–Crippen LogP) is 1.21. The van der Waals surface area contributed by atoms with Crippen LogP contribution in [-0.4, -0.2) is 34.5 Å². The van der Waals surface area contributed by atoms with Gasteiger partial charge in [-0.15, -0.1) is 5.10 Å². The van der Waals surface area contributed by atoms with Crippen molar-refractivity contribution in [2.24, 2.45) is 7.05 Å². The largest absolute Gasteiger partial charge is 0.343 e. The molecule has 3 heterocycles. The molecule has 21 heavy (non-hydrogen) atoms. The Morgan fingerprint density at radius 2 is 2.24 bits per heavy atom. The van der Waals surface area contributed by atoms with Crippen LogP contribution in [0.3, 0.4) is 0 Å². The topological polar surface area (TPSA) is 94.3 Å². The Morgan fingerprint density at radius 1 is 1.43 bits per heavy atom. The normalized spacial score (nSPS) is 11.4. The van der Waals surface area contributed by atoms with Gasteiger partial charge in [0.1, 0.15) is 11.0 Å². The Kier molecular flexibility index (Phi) is 3.68. The average Bonchev–Trinajstić information content (AvgIpc) is 3.01. The number of thioether (sulfide) groups is 1. The number of aryl methyl sites for hydroxylation is 1. The van der Waals surface area contributed by atoms with E-state index in [0.29, 0.717) is 34.1 Å². The molecule has 0 aliphatic heterocycles. The molecule has 0 unspecified atom stereocenters. The van der Waals surface area contributed by atoms with Gasteiger partial charge in [-0.05, 0) is 6.92 Å². The lowest BCUT2D eigenvalue weighted by Crippen LogP contribution is -2.16. The lowest BCUT2D eigenvalue weighted by atomic mass is 10.4. The van der Waals surface area contributed by atoms with Crippen LogP contribution in [0.1, 0.15) is 12.7 Å². The highest BCUT2D eigenvalue weighted by molar-refractivity contribution is 7.98. The van der Waals surface area contributed by atoms with E-state index in [9.17, 15) is 4.79 Å². The summed E-state index contributed by atoms with van der Waals surface area (Å²) in [5.41, 5.74) is 0.460. The van der Waals surface area contributed by atoms with Gasteiger partial charge in [0, 0.05) is 13.6 Å². The van der Waals surface area contributed by atoms with Crippen LogP contribution in [0.5, 0.6) is 0 Å². The van der Waals surface area contributed by atoms with Gasteiger partial charge in [-0.1, -0.05) is 23.4 Å². The van der Waals surface area contributed by atoms with Crippen molar-refractivity contribution in [1.82, 2.24) is 34.5 Å². The summed E-state index contributed by atoms with van der Waals surface area (Å²) in [6.07, 6.45) is 1.64. The number of H-pyrrole nitrogens is 1. The second-order valence-corrected chi connectivity index (χ2v) is 5.58. The number of aromatic amines is 1. The van der Waals surface area contributed by atoms with Crippen LogP contribution < -0.4 is 5.69 Å². The van der Waals surface area contributed by atoms with Crippen molar-refractivity contribution in [3.8, 4) is 0 Å². The smallest absolute Gasteiger partial charge is 0.270 e. The lowest BCUT2D eigenvalue weighted by molar-refractivity contribution is 0.660. The van der Waals surface area contributed by atoms with Crippen molar-refractivity contribution in [2.45, 2.75) is 24.4 Å². The summed E-state index contributed by atoms with van der Waals surface area (Å²) in [5.74, 6) is 1.03. The molecule has 0 aromatic carbocycles. The molecule has 0 saturated carbocycles. The quantitative estimate of drug-likeness (QED) is 0.572. The van der Waals surface area contributed by atoms with Crippen LogP contribution in [0.15, 0.2) is 16.1 Å². The minimum Gasteiger partial charge on any atom is -0.270 e. The third-order valence-electron chi connectivity index (χ3n) is 2.96. The standard InChI is InChI=1S/C11H12ClN7OS/c1-3-19-10(20)16-17-11(19)21-5-7-14-8(12)6-4-13-18(2)9(6)15-7/h4H,3,5H2,1-2H3,(H,16,20). The van der Waals surface area contributed by atoms with Crippen LogP contribution in [-0.2, 0) is 19.3 Å². The number of rotatable bonds is 4. The summed E-state index contributed by atoms with van der Waals surface area (Å²) in [6.45, 7) is 2.44. The minimum absolute atomic E-state index is 0.221. The zero-order chi connectivity index (χ0) is 15.0. The van der Waals surface area contributed by atoms with E-state index in [-0.39, 0.29) is 5.69 Å². The number of fused-ring (bicyclic) bond motifs is 1. The van der Waals surface area contributed by atoms with Gasteiger partial charge in [0.25, 0.3) is 0 Å².